The number of aryl methyl sites for hydroxylation is 1. The molecule has 0 N–H and O–H groups in total. The molecule has 0 aliphatic heterocycles. The van der Waals surface area contributed by atoms with E-state index in [0.717, 1.165) is 0 Å². The van der Waals surface area contributed by atoms with Crippen LogP contribution in [0.3, 0.4) is 0 Å². The molecule has 2 rings (SSSR count). The van der Waals surface area contributed by atoms with E-state index >= 15 is 0 Å². The molecule has 0 unspecified atom stereocenters. The fourth-order valence-corrected chi connectivity index (χ4v) is 1.30. The summed E-state index contributed by atoms with van der Waals surface area (Å²) in [5.74, 6) is 0. The van der Waals surface area contributed by atoms with Gasteiger partial charge in [0.25, 0.3) is 0 Å². The van der Waals surface area contributed by atoms with Crippen LogP contribution in [0.1, 0.15) is 5.56 Å². The largest absolute Gasteiger partial charge is 0.147 e. The van der Waals surface area contributed by atoms with Gasteiger partial charge in [-0.1, -0.05) is 19.1 Å². The van der Waals surface area contributed by atoms with Crippen molar-refractivity contribution in [1.29, 1.82) is 0 Å². The SMILES string of the molecule is Cc1cc[c-]c2ccccc12.[Y]. The Morgan fingerprint density at radius 1 is 1.08 bits per heavy atom. The average Bonchev–Trinajstić information content (AvgIpc) is 2.06. The Bertz CT molecular complexity index is 374. The van der Waals surface area contributed by atoms with Gasteiger partial charge in [0.15, 0.2) is 0 Å². The molecule has 0 heterocycles. The van der Waals surface area contributed by atoms with Gasteiger partial charge in [-0.3, -0.25) is 0 Å². The van der Waals surface area contributed by atoms with Crippen LogP contribution in [0.4, 0.5) is 0 Å². The van der Waals surface area contributed by atoms with Gasteiger partial charge in [-0.15, -0.1) is 46.7 Å². The molecular formula is C11H9Y-. The summed E-state index contributed by atoms with van der Waals surface area (Å²) in [6.07, 6.45) is 0. The Morgan fingerprint density at radius 3 is 2.58 bits per heavy atom. The van der Waals surface area contributed by atoms with Crippen LogP contribution in [0.25, 0.3) is 10.8 Å². The molecule has 0 aromatic heterocycles. The molecule has 0 aliphatic carbocycles. The maximum Gasteiger partial charge on any atom is 0 e. The molecule has 1 radical (unpaired) electrons. The first-order chi connectivity index (χ1) is 5.38. The van der Waals surface area contributed by atoms with Crippen molar-refractivity contribution in [1.82, 2.24) is 0 Å². The monoisotopic (exact) mass is 230 g/mol. The Balaban J connectivity index is 0.000000720. The van der Waals surface area contributed by atoms with E-state index in [-0.39, 0.29) is 32.7 Å². The van der Waals surface area contributed by atoms with Gasteiger partial charge < -0.3 is 0 Å². The summed E-state index contributed by atoms with van der Waals surface area (Å²) < 4.78 is 0. The van der Waals surface area contributed by atoms with Crippen LogP contribution in [0.15, 0.2) is 36.4 Å². The zero-order valence-electron chi connectivity index (χ0n) is 7.04. The fourth-order valence-electron chi connectivity index (χ4n) is 1.30. The molecule has 2 aromatic rings. The number of benzene rings is 2. The van der Waals surface area contributed by atoms with Crippen LogP contribution < -0.4 is 0 Å². The minimum Gasteiger partial charge on any atom is -0.147 e. The molecule has 0 saturated carbocycles. The summed E-state index contributed by atoms with van der Waals surface area (Å²) >= 11 is 0. The van der Waals surface area contributed by atoms with Gasteiger partial charge in [-0.05, 0) is 0 Å². The van der Waals surface area contributed by atoms with Crippen LogP contribution in [-0.2, 0) is 32.7 Å². The molecule has 57 valence electrons. The van der Waals surface area contributed by atoms with Crippen molar-refractivity contribution in [3.05, 3.63) is 48.0 Å². The maximum atomic E-state index is 3.19. The van der Waals surface area contributed by atoms with Crippen molar-refractivity contribution in [3.63, 3.8) is 0 Å². The predicted molar refractivity (Wildman–Crippen MR) is 47.5 cm³/mol. The number of hydrogen-bond acceptors (Lipinski definition) is 0. The third-order valence-corrected chi connectivity index (χ3v) is 1.92. The summed E-state index contributed by atoms with van der Waals surface area (Å²) in [6, 6.07) is 15.6. The van der Waals surface area contributed by atoms with Crippen molar-refractivity contribution >= 4 is 10.8 Å². The van der Waals surface area contributed by atoms with Gasteiger partial charge in [-0.2, -0.15) is 0 Å². The Kier molecular flexibility index (Phi) is 3.43. The quantitative estimate of drug-likeness (QED) is 0.610. The Hall–Kier alpha value is -0.196. The molecule has 1 heteroatoms. The van der Waals surface area contributed by atoms with Crippen LogP contribution >= 0.6 is 0 Å². The van der Waals surface area contributed by atoms with Crippen molar-refractivity contribution in [2.24, 2.45) is 0 Å². The van der Waals surface area contributed by atoms with Gasteiger partial charge in [0.1, 0.15) is 0 Å². The second-order valence-electron chi connectivity index (χ2n) is 2.71. The predicted octanol–water partition coefficient (Wildman–Crippen LogP) is 2.95. The van der Waals surface area contributed by atoms with Crippen LogP contribution in [-0.4, -0.2) is 0 Å². The average molecular weight is 230 g/mol. The molecule has 0 saturated heterocycles. The molecule has 0 atom stereocenters. The topological polar surface area (TPSA) is 0 Å². The number of hydrogen-bond donors (Lipinski definition) is 0. The van der Waals surface area contributed by atoms with E-state index in [9.17, 15) is 0 Å². The smallest absolute Gasteiger partial charge is 0 e. The zero-order chi connectivity index (χ0) is 7.68. The third-order valence-electron chi connectivity index (χ3n) is 1.92. The van der Waals surface area contributed by atoms with Crippen molar-refractivity contribution in [3.8, 4) is 0 Å². The molecule has 0 aliphatic rings. The van der Waals surface area contributed by atoms with E-state index < -0.39 is 0 Å². The van der Waals surface area contributed by atoms with Gasteiger partial charge in [-0.25, -0.2) is 0 Å². The first-order valence-electron chi connectivity index (χ1n) is 3.74. The second-order valence-corrected chi connectivity index (χ2v) is 2.71. The van der Waals surface area contributed by atoms with Crippen molar-refractivity contribution in [2.45, 2.75) is 6.92 Å². The molecule has 2 aromatic carbocycles. The molecular weight excluding hydrogens is 221 g/mol. The summed E-state index contributed by atoms with van der Waals surface area (Å²) in [5, 5.41) is 2.50. The Labute approximate surface area is 97.9 Å². The summed E-state index contributed by atoms with van der Waals surface area (Å²) in [7, 11) is 0. The first-order valence-corrected chi connectivity index (χ1v) is 3.74. The van der Waals surface area contributed by atoms with Crippen LogP contribution in [0.2, 0.25) is 0 Å². The second kappa shape index (κ2) is 4.16. The van der Waals surface area contributed by atoms with E-state index in [0.29, 0.717) is 0 Å². The number of rotatable bonds is 0. The standard InChI is InChI=1S/C11H9.Y/c1-9-5-4-7-10-6-2-3-8-11(9)10;/h2-6,8H,1H3;/q-1;. The minimum atomic E-state index is 0. The van der Waals surface area contributed by atoms with Crippen molar-refractivity contribution < 1.29 is 32.7 Å². The first kappa shape index (κ1) is 9.89. The molecule has 0 amide bonds. The Morgan fingerprint density at radius 2 is 1.83 bits per heavy atom. The summed E-state index contributed by atoms with van der Waals surface area (Å²) in [4.78, 5) is 0. The van der Waals surface area contributed by atoms with Crippen LogP contribution in [0.5, 0.6) is 0 Å². The maximum absolute atomic E-state index is 3.19. The summed E-state index contributed by atoms with van der Waals surface area (Å²) in [6.45, 7) is 2.12. The summed E-state index contributed by atoms with van der Waals surface area (Å²) in [5.41, 5.74) is 1.32. The van der Waals surface area contributed by atoms with E-state index in [1.165, 1.54) is 16.3 Å². The number of fused-ring (bicyclic) bond motifs is 1. The molecule has 12 heavy (non-hydrogen) atoms. The van der Waals surface area contributed by atoms with E-state index in [4.69, 9.17) is 0 Å². The van der Waals surface area contributed by atoms with Gasteiger partial charge in [0, 0.05) is 32.7 Å². The zero-order valence-corrected chi connectivity index (χ0v) is 9.88. The third kappa shape index (κ3) is 1.76. The normalized spacial score (nSPS) is 9.42. The van der Waals surface area contributed by atoms with Gasteiger partial charge in [0.2, 0.25) is 0 Å². The fraction of sp³-hybridized carbons (Fsp3) is 0.0909. The van der Waals surface area contributed by atoms with Crippen LogP contribution in [0, 0.1) is 13.0 Å². The van der Waals surface area contributed by atoms with Gasteiger partial charge >= 0.3 is 0 Å². The van der Waals surface area contributed by atoms with Gasteiger partial charge in [0.05, 0.1) is 0 Å². The molecule has 0 spiro atoms. The van der Waals surface area contributed by atoms with E-state index in [1.54, 1.807) is 0 Å². The molecule has 0 nitrogen and oxygen atoms in total. The van der Waals surface area contributed by atoms with Crippen molar-refractivity contribution in [2.75, 3.05) is 0 Å². The van der Waals surface area contributed by atoms with E-state index in [1.807, 2.05) is 12.1 Å². The minimum absolute atomic E-state index is 0. The molecule has 0 bridgehead atoms. The van der Waals surface area contributed by atoms with E-state index in [2.05, 4.69) is 37.3 Å². The molecule has 0 fully saturated rings.